The van der Waals surface area contributed by atoms with Crippen molar-refractivity contribution in [3.63, 3.8) is 0 Å². The molecule has 0 amide bonds. The van der Waals surface area contributed by atoms with Crippen molar-refractivity contribution in [1.29, 1.82) is 0 Å². The van der Waals surface area contributed by atoms with Gasteiger partial charge in [0.1, 0.15) is 5.82 Å². The van der Waals surface area contributed by atoms with Gasteiger partial charge in [0.05, 0.1) is 5.56 Å². The van der Waals surface area contributed by atoms with Crippen LogP contribution >= 0.6 is 0 Å². The highest BCUT2D eigenvalue weighted by Crippen LogP contribution is 2.24. The van der Waals surface area contributed by atoms with Gasteiger partial charge in [-0.2, -0.15) is 0 Å². The van der Waals surface area contributed by atoms with Gasteiger partial charge in [-0.1, -0.05) is 6.07 Å². The summed E-state index contributed by atoms with van der Waals surface area (Å²) in [5.41, 5.74) is 7.75. The predicted molar refractivity (Wildman–Crippen MR) is 72.2 cm³/mol. The minimum atomic E-state index is -1.10. The Kier molecular flexibility index (Phi) is 3.37. The molecule has 2 aromatic carbocycles. The Hall–Kier alpha value is -2.56. The molecule has 0 radical (unpaired) electrons. The van der Waals surface area contributed by atoms with Crippen molar-refractivity contribution >= 4 is 23.0 Å². The summed E-state index contributed by atoms with van der Waals surface area (Å²) in [5, 5.41) is 12.0. The first-order valence-corrected chi connectivity index (χ1v) is 5.63. The van der Waals surface area contributed by atoms with E-state index in [4.69, 9.17) is 10.8 Å². The standard InChI is InChI=1S/C14H13FN2O2/c1-8-2-3-9(15)6-13(8)17-10-4-5-12(16)11(7-10)14(18)19/h2-7,17H,16H2,1H3,(H,18,19). The van der Waals surface area contributed by atoms with Gasteiger partial charge in [0.25, 0.3) is 0 Å². The summed E-state index contributed by atoms with van der Waals surface area (Å²) in [6, 6.07) is 8.93. The van der Waals surface area contributed by atoms with E-state index in [0.29, 0.717) is 11.4 Å². The van der Waals surface area contributed by atoms with Crippen LogP contribution in [0, 0.1) is 12.7 Å². The van der Waals surface area contributed by atoms with Crippen molar-refractivity contribution in [3.8, 4) is 0 Å². The van der Waals surface area contributed by atoms with Gasteiger partial charge in [-0.15, -0.1) is 0 Å². The monoisotopic (exact) mass is 260 g/mol. The number of hydrogen-bond donors (Lipinski definition) is 3. The number of nitrogen functional groups attached to an aromatic ring is 1. The number of anilines is 3. The zero-order chi connectivity index (χ0) is 14.0. The van der Waals surface area contributed by atoms with E-state index in [1.165, 1.54) is 24.3 Å². The Balaban J connectivity index is 2.36. The van der Waals surface area contributed by atoms with Crippen molar-refractivity contribution in [1.82, 2.24) is 0 Å². The maximum Gasteiger partial charge on any atom is 0.337 e. The first kappa shape index (κ1) is 12.9. The number of carboxylic acids is 1. The molecule has 2 rings (SSSR count). The molecule has 0 aliphatic rings. The van der Waals surface area contributed by atoms with Gasteiger partial charge in [-0.05, 0) is 42.8 Å². The van der Waals surface area contributed by atoms with Gasteiger partial charge >= 0.3 is 5.97 Å². The second kappa shape index (κ2) is 4.97. The van der Waals surface area contributed by atoms with E-state index in [-0.39, 0.29) is 17.1 Å². The molecular formula is C14H13FN2O2. The van der Waals surface area contributed by atoms with E-state index in [9.17, 15) is 9.18 Å². The molecule has 0 aliphatic carbocycles. The lowest BCUT2D eigenvalue weighted by molar-refractivity contribution is 0.0698. The van der Waals surface area contributed by atoms with E-state index in [0.717, 1.165) is 5.56 Å². The molecule has 4 N–H and O–H groups in total. The lowest BCUT2D eigenvalue weighted by atomic mass is 10.1. The Morgan fingerprint density at radius 2 is 2.00 bits per heavy atom. The maximum absolute atomic E-state index is 13.2. The first-order valence-electron chi connectivity index (χ1n) is 5.63. The third-order valence-corrected chi connectivity index (χ3v) is 2.76. The number of benzene rings is 2. The summed E-state index contributed by atoms with van der Waals surface area (Å²) in [5.74, 6) is -1.46. The molecular weight excluding hydrogens is 247 g/mol. The van der Waals surface area contributed by atoms with E-state index in [1.54, 1.807) is 12.1 Å². The molecule has 0 unspecified atom stereocenters. The third-order valence-electron chi connectivity index (χ3n) is 2.76. The smallest absolute Gasteiger partial charge is 0.337 e. The van der Waals surface area contributed by atoms with Gasteiger partial charge in [0.15, 0.2) is 0 Å². The van der Waals surface area contributed by atoms with E-state index in [2.05, 4.69) is 5.32 Å². The number of carboxylic acid groups (broad SMARTS) is 1. The molecule has 0 bridgehead atoms. The summed E-state index contributed by atoms with van der Waals surface area (Å²) >= 11 is 0. The predicted octanol–water partition coefficient (Wildman–Crippen LogP) is 3.16. The number of aryl methyl sites for hydroxylation is 1. The number of rotatable bonds is 3. The molecule has 5 heteroatoms. The van der Waals surface area contributed by atoms with Gasteiger partial charge in [0.2, 0.25) is 0 Å². The molecule has 0 spiro atoms. The van der Waals surface area contributed by atoms with Crippen LogP contribution in [-0.4, -0.2) is 11.1 Å². The molecule has 4 nitrogen and oxygen atoms in total. The summed E-state index contributed by atoms with van der Waals surface area (Å²) in [6.45, 7) is 1.83. The van der Waals surface area contributed by atoms with Crippen LogP contribution in [0.2, 0.25) is 0 Å². The molecule has 19 heavy (non-hydrogen) atoms. The largest absolute Gasteiger partial charge is 0.478 e. The van der Waals surface area contributed by atoms with Crippen LogP contribution in [0.1, 0.15) is 15.9 Å². The summed E-state index contributed by atoms with van der Waals surface area (Å²) in [7, 11) is 0. The molecule has 0 aliphatic heterocycles. The minimum absolute atomic E-state index is 0.0130. The van der Waals surface area contributed by atoms with Crippen LogP contribution in [0.25, 0.3) is 0 Å². The number of hydrogen-bond acceptors (Lipinski definition) is 3. The quantitative estimate of drug-likeness (QED) is 0.741. The van der Waals surface area contributed by atoms with Crippen molar-refractivity contribution in [2.75, 3.05) is 11.1 Å². The second-order valence-corrected chi connectivity index (χ2v) is 4.19. The fraction of sp³-hybridized carbons (Fsp3) is 0.0714. The number of halogens is 1. The van der Waals surface area contributed by atoms with Crippen LogP contribution in [0.4, 0.5) is 21.5 Å². The van der Waals surface area contributed by atoms with E-state index in [1.807, 2.05) is 6.92 Å². The van der Waals surface area contributed by atoms with Gasteiger partial charge in [-0.3, -0.25) is 0 Å². The fourth-order valence-corrected chi connectivity index (χ4v) is 1.70. The molecule has 0 fully saturated rings. The van der Waals surface area contributed by atoms with Crippen LogP contribution in [-0.2, 0) is 0 Å². The Labute approximate surface area is 109 Å². The minimum Gasteiger partial charge on any atom is -0.478 e. The average molecular weight is 260 g/mol. The van der Waals surface area contributed by atoms with Crippen LogP contribution in [0.15, 0.2) is 36.4 Å². The number of nitrogens with one attached hydrogen (secondary N) is 1. The first-order chi connectivity index (χ1) is 8.97. The Bertz CT molecular complexity index is 641. The Morgan fingerprint density at radius 1 is 1.26 bits per heavy atom. The summed E-state index contributed by atoms with van der Waals surface area (Å²) in [6.07, 6.45) is 0. The summed E-state index contributed by atoms with van der Waals surface area (Å²) < 4.78 is 13.2. The SMILES string of the molecule is Cc1ccc(F)cc1Nc1ccc(N)c(C(=O)O)c1. The van der Waals surface area contributed by atoms with Crippen molar-refractivity contribution in [2.24, 2.45) is 0 Å². The molecule has 0 heterocycles. The van der Waals surface area contributed by atoms with Gasteiger partial charge < -0.3 is 16.2 Å². The average Bonchev–Trinajstić information content (AvgIpc) is 2.36. The van der Waals surface area contributed by atoms with Crippen LogP contribution < -0.4 is 11.1 Å². The number of nitrogens with two attached hydrogens (primary N) is 1. The van der Waals surface area contributed by atoms with E-state index >= 15 is 0 Å². The highest BCUT2D eigenvalue weighted by Gasteiger charge is 2.09. The number of aromatic carboxylic acids is 1. The maximum atomic E-state index is 13.2. The molecule has 0 aromatic heterocycles. The highest BCUT2D eigenvalue weighted by atomic mass is 19.1. The lowest BCUT2D eigenvalue weighted by Gasteiger charge is -2.11. The molecule has 98 valence electrons. The van der Waals surface area contributed by atoms with E-state index < -0.39 is 5.97 Å². The number of carbonyl (C=O) groups is 1. The second-order valence-electron chi connectivity index (χ2n) is 4.19. The van der Waals surface area contributed by atoms with Gasteiger partial charge in [-0.25, -0.2) is 9.18 Å². The third kappa shape index (κ3) is 2.82. The van der Waals surface area contributed by atoms with Crippen molar-refractivity contribution < 1.29 is 14.3 Å². The molecule has 0 saturated carbocycles. The van der Waals surface area contributed by atoms with Gasteiger partial charge in [0, 0.05) is 17.1 Å². The molecule has 0 atom stereocenters. The normalized spacial score (nSPS) is 10.2. The fourth-order valence-electron chi connectivity index (χ4n) is 1.70. The topological polar surface area (TPSA) is 75.3 Å². The van der Waals surface area contributed by atoms with Crippen LogP contribution in [0.3, 0.4) is 0 Å². The zero-order valence-electron chi connectivity index (χ0n) is 10.3. The lowest BCUT2D eigenvalue weighted by Crippen LogP contribution is -2.03. The summed E-state index contributed by atoms with van der Waals surface area (Å²) in [4.78, 5) is 11.0. The molecule has 0 saturated heterocycles. The zero-order valence-corrected chi connectivity index (χ0v) is 10.3. The van der Waals surface area contributed by atoms with Crippen LogP contribution in [0.5, 0.6) is 0 Å². The molecule has 2 aromatic rings. The van der Waals surface area contributed by atoms with Crippen molar-refractivity contribution in [2.45, 2.75) is 6.92 Å². The van der Waals surface area contributed by atoms with Crippen molar-refractivity contribution in [3.05, 3.63) is 53.3 Å². The highest BCUT2D eigenvalue weighted by molar-refractivity contribution is 5.95. The Morgan fingerprint density at radius 3 is 2.68 bits per heavy atom.